The summed E-state index contributed by atoms with van der Waals surface area (Å²) in [5.41, 5.74) is 3.76. The van der Waals surface area contributed by atoms with Gasteiger partial charge in [-0.15, -0.1) is 10.2 Å². The molecule has 0 unspecified atom stereocenters. The highest BCUT2D eigenvalue weighted by Gasteiger charge is 2.18. The van der Waals surface area contributed by atoms with Crippen molar-refractivity contribution in [3.8, 4) is 11.4 Å². The Kier molecular flexibility index (Phi) is 5.54. The highest BCUT2D eigenvalue weighted by Crippen LogP contribution is 2.25. The molecule has 0 aliphatic carbocycles. The largest absolute Gasteiger partial charge is 0.435 e. The minimum Gasteiger partial charge on any atom is -0.435 e. The molecule has 0 bridgehead atoms. The van der Waals surface area contributed by atoms with E-state index < -0.39 is 6.61 Å². The number of benzene rings is 1. The molecule has 4 aromatic rings. The molecule has 0 aliphatic heterocycles. The maximum Gasteiger partial charge on any atom is 0.387 e. The van der Waals surface area contributed by atoms with Crippen LogP contribution < -0.4 is 4.74 Å². The third kappa shape index (κ3) is 3.93. The lowest BCUT2D eigenvalue weighted by Crippen LogP contribution is -2.06. The van der Waals surface area contributed by atoms with Gasteiger partial charge >= 0.3 is 6.61 Å². The number of aromatic nitrogens is 4. The standard InChI is InChI=1S/C21H18F2N4O2S/c1-13-11-17(14(2)27(13)15-6-8-16(9-7-15)29-20(22)23)18(28)12-30-21-25-24-19-5-3-4-10-26(19)21/h3-11,20H,12H2,1-2H3. The molecule has 9 heteroatoms. The number of carbonyl (C=O) groups is 1. The molecule has 4 rings (SSSR count). The van der Waals surface area contributed by atoms with Gasteiger partial charge in [-0.2, -0.15) is 8.78 Å². The number of thioether (sulfide) groups is 1. The van der Waals surface area contributed by atoms with Crippen molar-refractivity contribution in [2.75, 3.05) is 5.75 Å². The molecule has 30 heavy (non-hydrogen) atoms. The predicted molar refractivity (Wildman–Crippen MR) is 110 cm³/mol. The number of fused-ring (bicyclic) bond motifs is 1. The monoisotopic (exact) mass is 428 g/mol. The van der Waals surface area contributed by atoms with Crippen molar-refractivity contribution >= 4 is 23.2 Å². The molecule has 3 aromatic heterocycles. The van der Waals surface area contributed by atoms with E-state index in [-0.39, 0.29) is 17.3 Å². The van der Waals surface area contributed by atoms with E-state index in [9.17, 15) is 13.6 Å². The van der Waals surface area contributed by atoms with Gasteiger partial charge in [0.25, 0.3) is 0 Å². The summed E-state index contributed by atoms with van der Waals surface area (Å²) in [4.78, 5) is 12.9. The van der Waals surface area contributed by atoms with Gasteiger partial charge in [0.15, 0.2) is 16.6 Å². The van der Waals surface area contributed by atoms with Crippen molar-refractivity contribution in [3.05, 3.63) is 71.7 Å². The maximum absolute atomic E-state index is 12.9. The first kappa shape index (κ1) is 20.1. The summed E-state index contributed by atoms with van der Waals surface area (Å²) in [6, 6.07) is 13.8. The summed E-state index contributed by atoms with van der Waals surface area (Å²) in [7, 11) is 0. The van der Waals surface area contributed by atoms with Crippen molar-refractivity contribution in [2.24, 2.45) is 0 Å². The normalized spacial score (nSPS) is 11.4. The van der Waals surface area contributed by atoms with Crippen molar-refractivity contribution in [1.29, 1.82) is 0 Å². The molecule has 0 spiro atoms. The van der Waals surface area contributed by atoms with Crippen LogP contribution in [0.15, 0.2) is 59.9 Å². The van der Waals surface area contributed by atoms with Crippen LogP contribution in [0.2, 0.25) is 0 Å². The number of ether oxygens (including phenoxy) is 1. The Labute approximate surface area is 175 Å². The van der Waals surface area contributed by atoms with Crippen molar-refractivity contribution < 1.29 is 18.3 Å². The molecule has 0 saturated carbocycles. The van der Waals surface area contributed by atoms with Crippen LogP contribution in [0.25, 0.3) is 11.3 Å². The zero-order valence-corrected chi connectivity index (χ0v) is 17.1. The summed E-state index contributed by atoms with van der Waals surface area (Å²) in [5.74, 6) is 0.287. The molecule has 154 valence electrons. The maximum atomic E-state index is 12.9. The lowest BCUT2D eigenvalue weighted by atomic mass is 10.2. The average Bonchev–Trinajstić information content (AvgIpc) is 3.27. The Bertz CT molecular complexity index is 1200. The number of halogens is 2. The molecule has 0 radical (unpaired) electrons. The van der Waals surface area contributed by atoms with Gasteiger partial charge in [-0.1, -0.05) is 17.8 Å². The Morgan fingerprint density at radius 1 is 1.13 bits per heavy atom. The predicted octanol–water partition coefficient (Wildman–Crippen LogP) is 4.71. The Morgan fingerprint density at radius 2 is 1.90 bits per heavy atom. The van der Waals surface area contributed by atoms with Crippen LogP contribution in [0.4, 0.5) is 8.78 Å². The van der Waals surface area contributed by atoms with Crippen LogP contribution >= 0.6 is 11.8 Å². The summed E-state index contributed by atoms with van der Waals surface area (Å²) < 4.78 is 32.8. The van der Waals surface area contributed by atoms with E-state index in [1.165, 1.54) is 23.9 Å². The second kappa shape index (κ2) is 8.27. The first-order valence-corrected chi connectivity index (χ1v) is 10.1. The van der Waals surface area contributed by atoms with Crippen LogP contribution in [0.5, 0.6) is 5.75 Å². The highest BCUT2D eigenvalue weighted by atomic mass is 32.2. The van der Waals surface area contributed by atoms with Gasteiger partial charge in [0.05, 0.1) is 5.75 Å². The van der Waals surface area contributed by atoms with Crippen LogP contribution in [0.1, 0.15) is 21.7 Å². The van der Waals surface area contributed by atoms with E-state index in [0.717, 1.165) is 22.7 Å². The number of pyridine rings is 1. The SMILES string of the molecule is Cc1cc(C(=O)CSc2nnc3ccccn23)c(C)n1-c1ccc(OC(F)F)cc1. The second-order valence-electron chi connectivity index (χ2n) is 6.62. The summed E-state index contributed by atoms with van der Waals surface area (Å²) in [5, 5.41) is 8.88. The lowest BCUT2D eigenvalue weighted by Gasteiger charge is -2.11. The minimum absolute atomic E-state index is 0.0234. The number of rotatable bonds is 7. The topological polar surface area (TPSA) is 61.4 Å². The van der Waals surface area contributed by atoms with E-state index in [1.807, 2.05) is 53.3 Å². The first-order chi connectivity index (χ1) is 14.4. The van der Waals surface area contributed by atoms with Gasteiger partial charge in [0.2, 0.25) is 0 Å². The summed E-state index contributed by atoms with van der Waals surface area (Å²) >= 11 is 1.33. The third-order valence-electron chi connectivity index (χ3n) is 4.67. The van der Waals surface area contributed by atoms with Crippen LogP contribution in [0, 0.1) is 13.8 Å². The highest BCUT2D eigenvalue weighted by molar-refractivity contribution is 7.99. The van der Waals surface area contributed by atoms with Gasteiger partial charge in [0, 0.05) is 28.8 Å². The van der Waals surface area contributed by atoms with Crippen molar-refractivity contribution in [1.82, 2.24) is 19.2 Å². The molecule has 0 saturated heterocycles. The molecule has 0 atom stereocenters. The van der Waals surface area contributed by atoms with Crippen molar-refractivity contribution in [2.45, 2.75) is 25.6 Å². The minimum atomic E-state index is -2.87. The second-order valence-corrected chi connectivity index (χ2v) is 7.56. The fourth-order valence-electron chi connectivity index (χ4n) is 3.34. The number of Topliss-reactive ketones (excluding diaryl/α,β-unsaturated/α-hetero) is 1. The summed E-state index contributed by atoms with van der Waals surface area (Å²) in [6.07, 6.45) is 1.86. The number of hydrogen-bond acceptors (Lipinski definition) is 5. The molecule has 1 aromatic carbocycles. The lowest BCUT2D eigenvalue weighted by molar-refractivity contribution is -0.0498. The van der Waals surface area contributed by atoms with E-state index >= 15 is 0 Å². The van der Waals surface area contributed by atoms with Gasteiger partial charge in [0.1, 0.15) is 5.75 Å². The van der Waals surface area contributed by atoms with Gasteiger partial charge in [-0.3, -0.25) is 9.20 Å². The first-order valence-electron chi connectivity index (χ1n) is 9.14. The molecule has 6 nitrogen and oxygen atoms in total. The molecule has 0 aliphatic rings. The smallest absolute Gasteiger partial charge is 0.387 e. The molecular weight excluding hydrogens is 410 g/mol. The van der Waals surface area contributed by atoms with Crippen LogP contribution in [0.3, 0.4) is 0 Å². The number of aryl methyl sites for hydroxylation is 1. The zero-order valence-electron chi connectivity index (χ0n) is 16.3. The fraction of sp³-hybridized carbons (Fsp3) is 0.190. The van der Waals surface area contributed by atoms with Crippen LogP contribution in [-0.4, -0.2) is 37.3 Å². The third-order valence-corrected chi connectivity index (χ3v) is 5.61. The zero-order chi connectivity index (χ0) is 21.3. The Balaban J connectivity index is 1.53. The molecule has 0 fully saturated rings. The number of alkyl halides is 2. The Morgan fingerprint density at radius 3 is 2.63 bits per heavy atom. The average molecular weight is 428 g/mol. The molecule has 3 heterocycles. The quantitative estimate of drug-likeness (QED) is 0.315. The van der Waals surface area contributed by atoms with Gasteiger partial charge in [-0.05, 0) is 56.3 Å². The van der Waals surface area contributed by atoms with Crippen molar-refractivity contribution in [3.63, 3.8) is 0 Å². The fourth-order valence-corrected chi connectivity index (χ4v) is 4.15. The summed E-state index contributed by atoms with van der Waals surface area (Å²) in [6.45, 7) is 0.892. The Hall–Kier alpha value is -3.20. The van der Waals surface area contributed by atoms with Gasteiger partial charge in [-0.25, -0.2) is 0 Å². The van der Waals surface area contributed by atoms with E-state index in [2.05, 4.69) is 14.9 Å². The number of nitrogens with zero attached hydrogens (tertiary/aromatic N) is 4. The van der Waals surface area contributed by atoms with Crippen LogP contribution in [-0.2, 0) is 0 Å². The molecular formula is C21H18F2N4O2S. The van der Waals surface area contributed by atoms with Gasteiger partial charge < -0.3 is 9.30 Å². The number of hydrogen-bond donors (Lipinski definition) is 0. The number of ketones is 1. The van der Waals surface area contributed by atoms with E-state index in [4.69, 9.17) is 0 Å². The van der Waals surface area contributed by atoms with E-state index in [1.54, 1.807) is 12.1 Å². The van der Waals surface area contributed by atoms with E-state index in [0.29, 0.717) is 10.7 Å². The molecule has 0 N–H and O–H groups in total. The molecule has 0 amide bonds. The number of carbonyl (C=O) groups excluding carboxylic acids is 1.